The lowest BCUT2D eigenvalue weighted by molar-refractivity contribution is 0.304. The average Bonchev–Trinajstić information content (AvgIpc) is 2.94. The molecule has 0 aliphatic heterocycles. The highest BCUT2D eigenvalue weighted by Crippen LogP contribution is 2.37. The van der Waals surface area contributed by atoms with Crippen molar-refractivity contribution in [1.29, 1.82) is 0 Å². The topological polar surface area (TPSA) is 55.5 Å². The molecule has 0 fully saturated rings. The van der Waals surface area contributed by atoms with Crippen LogP contribution in [0.25, 0.3) is 0 Å². The SMILES string of the molecule is CCCCCCCOc1ccc2c(c1)CC[C@@H]2C[C@H](C)N.CO. The molecule has 0 heterocycles. The van der Waals surface area contributed by atoms with Gasteiger partial charge in [0.15, 0.2) is 0 Å². The maximum atomic E-state index is 7.00. The van der Waals surface area contributed by atoms with Gasteiger partial charge in [-0.05, 0) is 61.8 Å². The summed E-state index contributed by atoms with van der Waals surface area (Å²) in [5.74, 6) is 1.70. The fourth-order valence-electron chi connectivity index (χ4n) is 3.36. The number of nitrogens with two attached hydrogens (primary N) is 1. The van der Waals surface area contributed by atoms with Crippen LogP contribution in [0.15, 0.2) is 18.2 Å². The van der Waals surface area contributed by atoms with E-state index >= 15 is 0 Å². The van der Waals surface area contributed by atoms with Gasteiger partial charge in [0, 0.05) is 13.2 Å². The lowest BCUT2D eigenvalue weighted by Gasteiger charge is -2.14. The summed E-state index contributed by atoms with van der Waals surface area (Å²) in [6.07, 6.45) is 9.97. The van der Waals surface area contributed by atoms with Gasteiger partial charge in [-0.1, -0.05) is 38.7 Å². The van der Waals surface area contributed by atoms with Crippen molar-refractivity contribution in [3.05, 3.63) is 29.3 Å². The van der Waals surface area contributed by atoms with Crippen LogP contribution in [0.1, 0.15) is 75.8 Å². The van der Waals surface area contributed by atoms with E-state index in [-0.39, 0.29) is 0 Å². The number of unbranched alkanes of at least 4 members (excludes halogenated alkanes) is 4. The first-order valence-corrected chi connectivity index (χ1v) is 9.16. The van der Waals surface area contributed by atoms with Crippen LogP contribution < -0.4 is 10.5 Å². The van der Waals surface area contributed by atoms with E-state index in [4.69, 9.17) is 15.6 Å². The standard InChI is InChI=1S/C19H31NO.CH4O/c1-3-4-5-6-7-12-21-18-10-11-19-16(13-15(2)20)8-9-17(19)14-18;1-2/h10-11,14-16H,3-9,12-13,20H2,1-2H3;2H,1H3/t15-,16+;/m0./s1. The number of hydrogen-bond acceptors (Lipinski definition) is 3. The fraction of sp³-hybridized carbons (Fsp3) is 0.700. The summed E-state index contributed by atoms with van der Waals surface area (Å²) in [5, 5.41) is 7.00. The molecule has 132 valence electrons. The molecule has 3 nitrogen and oxygen atoms in total. The molecular weight excluding hydrogens is 286 g/mol. The van der Waals surface area contributed by atoms with Crippen molar-refractivity contribution in [1.82, 2.24) is 0 Å². The third-order valence-corrected chi connectivity index (χ3v) is 4.49. The molecule has 1 aromatic carbocycles. The molecule has 0 unspecified atom stereocenters. The minimum Gasteiger partial charge on any atom is -0.494 e. The monoisotopic (exact) mass is 321 g/mol. The number of ether oxygens (including phenoxy) is 1. The summed E-state index contributed by atoms with van der Waals surface area (Å²) in [4.78, 5) is 0. The zero-order valence-corrected chi connectivity index (χ0v) is 15.2. The summed E-state index contributed by atoms with van der Waals surface area (Å²) in [6, 6.07) is 6.95. The van der Waals surface area contributed by atoms with E-state index in [9.17, 15) is 0 Å². The van der Waals surface area contributed by atoms with E-state index in [1.54, 1.807) is 0 Å². The second kappa shape index (κ2) is 11.5. The van der Waals surface area contributed by atoms with Gasteiger partial charge < -0.3 is 15.6 Å². The van der Waals surface area contributed by atoms with E-state index in [0.717, 1.165) is 25.9 Å². The van der Waals surface area contributed by atoms with Crippen LogP contribution in [-0.2, 0) is 6.42 Å². The van der Waals surface area contributed by atoms with E-state index in [2.05, 4.69) is 32.0 Å². The molecule has 2 atom stereocenters. The summed E-state index contributed by atoms with van der Waals surface area (Å²) in [5.41, 5.74) is 8.93. The zero-order valence-electron chi connectivity index (χ0n) is 15.2. The van der Waals surface area contributed by atoms with E-state index in [1.807, 2.05) is 0 Å². The molecule has 3 N–H and O–H groups in total. The predicted octanol–water partition coefficient (Wildman–Crippen LogP) is 4.41. The van der Waals surface area contributed by atoms with Crippen molar-refractivity contribution in [2.45, 2.75) is 77.2 Å². The van der Waals surface area contributed by atoms with Crippen LogP contribution in [0.2, 0.25) is 0 Å². The molecule has 0 aromatic heterocycles. The first-order chi connectivity index (χ1) is 11.2. The van der Waals surface area contributed by atoms with Crippen molar-refractivity contribution >= 4 is 0 Å². The first kappa shape index (κ1) is 20.0. The van der Waals surface area contributed by atoms with Crippen LogP contribution in [0, 0.1) is 0 Å². The van der Waals surface area contributed by atoms with Crippen molar-refractivity contribution < 1.29 is 9.84 Å². The van der Waals surface area contributed by atoms with Gasteiger partial charge in [0.2, 0.25) is 0 Å². The molecule has 0 radical (unpaired) electrons. The molecule has 3 heteroatoms. The molecule has 0 saturated heterocycles. The van der Waals surface area contributed by atoms with Crippen LogP contribution in [-0.4, -0.2) is 24.9 Å². The molecule has 1 aliphatic rings. The number of aliphatic hydroxyl groups excluding tert-OH is 1. The number of aryl methyl sites for hydroxylation is 1. The maximum absolute atomic E-state index is 7.00. The van der Waals surface area contributed by atoms with Gasteiger partial charge in [0.05, 0.1) is 6.61 Å². The van der Waals surface area contributed by atoms with Crippen molar-refractivity contribution in [2.24, 2.45) is 5.73 Å². The molecule has 1 aromatic rings. The second-order valence-corrected chi connectivity index (χ2v) is 6.57. The summed E-state index contributed by atoms with van der Waals surface area (Å²) < 4.78 is 5.90. The summed E-state index contributed by atoms with van der Waals surface area (Å²) >= 11 is 0. The van der Waals surface area contributed by atoms with E-state index < -0.39 is 0 Å². The Morgan fingerprint density at radius 3 is 2.65 bits per heavy atom. The molecule has 1 aliphatic carbocycles. The Labute approximate surface area is 142 Å². The summed E-state index contributed by atoms with van der Waals surface area (Å²) in [7, 11) is 1.00. The zero-order chi connectivity index (χ0) is 17.1. The van der Waals surface area contributed by atoms with Gasteiger partial charge in [-0.25, -0.2) is 0 Å². The highest BCUT2D eigenvalue weighted by atomic mass is 16.5. The highest BCUT2D eigenvalue weighted by molar-refractivity contribution is 5.41. The van der Waals surface area contributed by atoms with E-state index in [1.165, 1.54) is 56.1 Å². The van der Waals surface area contributed by atoms with Gasteiger partial charge in [0.1, 0.15) is 5.75 Å². The van der Waals surface area contributed by atoms with Gasteiger partial charge >= 0.3 is 0 Å². The number of fused-ring (bicyclic) bond motifs is 1. The molecular formula is C20H35NO2. The van der Waals surface area contributed by atoms with Crippen molar-refractivity contribution in [3.63, 3.8) is 0 Å². The Balaban J connectivity index is 0.00000127. The highest BCUT2D eigenvalue weighted by Gasteiger charge is 2.23. The Morgan fingerprint density at radius 2 is 1.96 bits per heavy atom. The largest absolute Gasteiger partial charge is 0.494 e. The van der Waals surface area contributed by atoms with Gasteiger partial charge in [-0.3, -0.25) is 0 Å². The third kappa shape index (κ3) is 6.92. The normalized spacial score (nSPS) is 17.2. The van der Waals surface area contributed by atoms with E-state index in [0.29, 0.717) is 12.0 Å². The molecule has 0 amide bonds. The molecule has 0 bridgehead atoms. The average molecular weight is 322 g/mol. The number of aliphatic hydroxyl groups is 1. The second-order valence-electron chi connectivity index (χ2n) is 6.57. The fourth-order valence-corrected chi connectivity index (χ4v) is 3.36. The van der Waals surface area contributed by atoms with Gasteiger partial charge in [-0.15, -0.1) is 0 Å². The molecule has 0 spiro atoms. The molecule has 2 rings (SSSR count). The van der Waals surface area contributed by atoms with Crippen molar-refractivity contribution in [3.8, 4) is 5.75 Å². The Kier molecular flexibility index (Phi) is 9.97. The summed E-state index contributed by atoms with van der Waals surface area (Å²) in [6.45, 7) is 5.21. The number of hydrogen-bond donors (Lipinski definition) is 2. The van der Waals surface area contributed by atoms with Gasteiger partial charge in [0.25, 0.3) is 0 Å². The van der Waals surface area contributed by atoms with Crippen LogP contribution in [0.4, 0.5) is 0 Å². The Morgan fingerprint density at radius 1 is 1.22 bits per heavy atom. The Hall–Kier alpha value is -1.06. The lowest BCUT2D eigenvalue weighted by atomic mass is 9.95. The quantitative estimate of drug-likeness (QED) is 0.662. The maximum Gasteiger partial charge on any atom is 0.119 e. The third-order valence-electron chi connectivity index (χ3n) is 4.49. The van der Waals surface area contributed by atoms with Crippen LogP contribution >= 0.6 is 0 Å². The van der Waals surface area contributed by atoms with Crippen molar-refractivity contribution in [2.75, 3.05) is 13.7 Å². The lowest BCUT2D eigenvalue weighted by Crippen LogP contribution is -2.17. The minimum absolute atomic E-state index is 0.292. The molecule has 23 heavy (non-hydrogen) atoms. The predicted molar refractivity (Wildman–Crippen MR) is 98.2 cm³/mol. The smallest absolute Gasteiger partial charge is 0.119 e. The van der Waals surface area contributed by atoms with Gasteiger partial charge in [-0.2, -0.15) is 0 Å². The number of rotatable bonds is 9. The van der Waals surface area contributed by atoms with Crippen LogP contribution in [0.3, 0.4) is 0 Å². The van der Waals surface area contributed by atoms with Crippen LogP contribution in [0.5, 0.6) is 5.75 Å². The Bertz CT molecular complexity index is 432. The first-order valence-electron chi connectivity index (χ1n) is 9.16. The minimum atomic E-state index is 0.292. The molecule has 0 saturated carbocycles. The number of benzene rings is 1.